The van der Waals surface area contributed by atoms with E-state index in [-0.39, 0.29) is 18.8 Å². The number of rotatable bonds is 7. The lowest BCUT2D eigenvalue weighted by atomic mass is 10.0. The van der Waals surface area contributed by atoms with E-state index in [0.717, 1.165) is 12.0 Å². The van der Waals surface area contributed by atoms with Crippen LogP contribution in [0.15, 0.2) is 12.1 Å². The Kier molecular flexibility index (Phi) is 5.68. The summed E-state index contributed by atoms with van der Waals surface area (Å²) in [5.74, 6) is -4.11. The second kappa shape index (κ2) is 6.69. The topological polar surface area (TPSA) is 125 Å². The highest BCUT2D eigenvalue weighted by Crippen LogP contribution is 2.25. The van der Waals surface area contributed by atoms with E-state index in [2.05, 4.69) is 10.6 Å². The van der Waals surface area contributed by atoms with Gasteiger partial charge in [0.25, 0.3) is 0 Å². The highest BCUT2D eigenvalue weighted by Gasteiger charge is 2.18. The molecular weight excluding hydrogens is 276 g/mol. The molecule has 0 heterocycles. The predicted molar refractivity (Wildman–Crippen MR) is 76.8 cm³/mol. The molecule has 0 atom stereocenters. The summed E-state index contributed by atoms with van der Waals surface area (Å²) in [5.41, 5.74) is 1.94. The molecule has 0 aliphatic rings. The number of aliphatic hydroxyl groups is 4. The van der Waals surface area contributed by atoms with Gasteiger partial charge in [0.15, 0.2) is 0 Å². The van der Waals surface area contributed by atoms with Gasteiger partial charge in [-0.15, -0.1) is 0 Å². The Bertz CT molecular complexity index is 438. The van der Waals surface area contributed by atoms with Crippen LogP contribution in [0.1, 0.15) is 37.5 Å². The van der Waals surface area contributed by atoms with E-state index < -0.39 is 11.8 Å². The van der Waals surface area contributed by atoms with E-state index in [4.69, 9.17) is 0 Å². The molecule has 120 valence electrons. The molecule has 1 aromatic rings. The van der Waals surface area contributed by atoms with Crippen LogP contribution in [-0.2, 0) is 19.5 Å². The van der Waals surface area contributed by atoms with E-state index in [1.165, 1.54) is 13.8 Å². The summed E-state index contributed by atoms with van der Waals surface area (Å²) in [6.07, 6.45) is 0.727. The van der Waals surface area contributed by atoms with Crippen LogP contribution >= 0.6 is 0 Å². The van der Waals surface area contributed by atoms with Crippen molar-refractivity contribution in [2.45, 2.75) is 52.1 Å². The molecule has 21 heavy (non-hydrogen) atoms. The number of nitrogens with one attached hydrogen (secondary N) is 2. The Hall–Kier alpha value is -1.22. The minimum atomic E-state index is -2.04. The van der Waals surface area contributed by atoms with Crippen LogP contribution in [0.25, 0.3) is 0 Å². The van der Waals surface area contributed by atoms with Gasteiger partial charge >= 0.3 is 0 Å². The first kappa shape index (κ1) is 17.8. The Morgan fingerprint density at radius 1 is 0.905 bits per heavy atom. The first-order valence-electron chi connectivity index (χ1n) is 6.75. The van der Waals surface area contributed by atoms with Gasteiger partial charge in [0.05, 0.1) is 0 Å². The number of hydrogen-bond donors (Lipinski definition) is 7. The summed E-state index contributed by atoms with van der Waals surface area (Å²) in [6.45, 7) is 4.43. The van der Waals surface area contributed by atoms with Crippen molar-refractivity contribution in [3.8, 4) is 5.75 Å². The third-order valence-corrected chi connectivity index (χ3v) is 2.96. The van der Waals surface area contributed by atoms with Crippen molar-refractivity contribution in [3.63, 3.8) is 0 Å². The number of aryl methyl sites for hydroxylation is 1. The lowest BCUT2D eigenvalue weighted by molar-refractivity contribution is -0.171. The lowest BCUT2D eigenvalue weighted by Crippen LogP contribution is -2.41. The summed E-state index contributed by atoms with van der Waals surface area (Å²) in [7, 11) is 0. The molecule has 7 N–H and O–H groups in total. The first-order chi connectivity index (χ1) is 9.52. The highest BCUT2D eigenvalue weighted by atomic mass is 16.5. The summed E-state index contributed by atoms with van der Waals surface area (Å²) >= 11 is 0. The fourth-order valence-electron chi connectivity index (χ4n) is 1.83. The second-order valence-corrected chi connectivity index (χ2v) is 5.36. The van der Waals surface area contributed by atoms with Crippen molar-refractivity contribution in [1.29, 1.82) is 0 Å². The maximum Gasteiger partial charge on any atom is 0.219 e. The van der Waals surface area contributed by atoms with Gasteiger partial charge in [0, 0.05) is 38.1 Å². The quantitative estimate of drug-likeness (QED) is 0.337. The second-order valence-electron chi connectivity index (χ2n) is 5.36. The van der Waals surface area contributed by atoms with Gasteiger partial charge in [0.2, 0.25) is 11.8 Å². The molecule has 0 aromatic heterocycles. The average Bonchev–Trinajstić information content (AvgIpc) is 2.34. The number of benzene rings is 1. The predicted octanol–water partition coefficient (Wildman–Crippen LogP) is -0.550. The number of hydrogen-bond acceptors (Lipinski definition) is 7. The molecule has 0 spiro atoms. The Morgan fingerprint density at radius 3 is 1.57 bits per heavy atom. The first-order valence-corrected chi connectivity index (χ1v) is 6.75. The molecule has 0 amide bonds. The van der Waals surface area contributed by atoms with Gasteiger partial charge in [-0.3, -0.25) is 10.6 Å². The number of phenolic OH excluding ortho intramolecular Hbond substituents is 1. The zero-order valence-electron chi connectivity index (χ0n) is 12.5. The number of phenols is 1. The molecule has 0 fully saturated rings. The van der Waals surface area contributed by atoms with Crippen LogP contribution in [0.4, 0.5) is 0 Å². The maximum atomic E-state index is 10.2. The minimum Gasteiger partial charge on any atom is -0.507 e. The normalized spacial score (nSPS) is 12.7. The molecular formula is C14H24N2O5. The molecule has 0 aliphatic carbocycles. The van der Waals surface area contributed by atoms with Crippen LogP contribution < -0.4 is 10.6 Å². The highest BCUT2D eigenvalue weighted by molar-refractivity contribution is 5.44. The molecule has 1 aromatic carbocycles. The van der Waals surface area contributed by atoms with Crippen molar-refractivity contribution in [2.24, 2.45) is 0 Å². The molecule has 7 heteroatoms. The average molecular weight is 300 g/mol. The molecule has 0 bridgehead atoms. The van der Waals surface area contributed by atoms with Crippen molar-refractivity contribution in [1.82, 2.24) is 10.6 Å². The zero-order valence-corrected chi connectivity index (χ0v) is 12.5. The third-order valence-electron chi connectivity index (χ3n) is 2.96. The Labute approximate surface area is 123 Å². The minimum absolute atomic E-state index is 0.0271. The van der Waals surface area contributed by atoms with Gasteiger partial charge in [-0.1, -0.05) is 19.1 Å². The maximum absolute atomic E-state index is 10.2. The molecule has 1 rings (SSSR count). The van der Waals surface area contributed by atoms with Gasteiger partial charge in [-0.05, 0) is 12.0 Å². The van der Waals surface area contributed by atoms with Crippen molar-refractivity contribution >= 4 is 0 Å². The van der Waals surface area contributed by atoms with Crippen LogP contribution in [-0.4, -0.2) is 37.4 Å². The van der Waals surface area contributed by atoms with Gasteiger partial charge in [0.1, 0.15) is 5.75 Å². The largest absolute Gasteiger partial charge is 0.507 e. The van der Waals surface area contributed by atoms with Gasteiger partial charge in [-0.25, -0.2) is 0 Å². The fraction of sp³-hybridized carbons (Fsp3) is 0.571. The zero-order chi connectivity index (χ0) is 16.3. The molecule has 0 unspecified atom stereocenters. The van der Waals surface area contributed by atoms with E-state index in [0.29, 0.717) is 11.1 Å². The SMILES string of the molecule is CCc1cc(CNC(C)(O)O)c(O)c(CNC(C)(O)O)c1. The van der Waals surface area contributed by atoms with Crippen LogP contribution in [0.5, 0.6) is 5.75 Å². The summed E-state index contributed by atoms with van der Waals surface area (Å²) in [4.78, 5) is 0. The molecule has 0 aliphatic heterocycles. The Morgan fingerprint density at radius 2 is 1.29 bits per heavy atom. The summed E-state index contributed by atoms with van der Waals surface area (Å²) in [5, 5.41) is 52.2. The summed E-state index contributed by atoms with van der Waals surface area (Å²) in [6, 6.07) is 3.52. The van der Waals surface area contributed by atoms with E-state index in [1.54, 1.807) is 12.1 Å². The van der Waals surface area contributed by atoms with Gasteiger partial charge in [-0.2, -0.15) is 0 Å². The number of aromatic hydroxyl groups is 1. The smallest absolute Gasteiger partial charge is 0.219 e. The van der Waals surface area contributed by atoms with E-state index >= 15 is 0 Å². The third kappa shape index (κ3) is 6.38. The standard InChI is InChI=1S/C14H24N2O5/c1-4-9-5-10(7-15-13(2,18)19)12(17)11(6-9)8-16-14(3,20)21/h5-6,15-21H,4,7-8H2,1-3H3. The van der Waals surface area contributed by atoms with Gasteiger partial charge < -0.3 is 25.5 Å². The van der Waals surface area contributed by atoms with Crippen molar-refractivity contribution in [2.75, 3.05) is 0 Å². The molecule has 0 saturated heterocycles. The Balaban J connectivity index is 2.97. The van der Waals surface area contributed by atoms with E-state index in [1.807, 2.05) is 6.92 Å². The van der Waals surface area contributed by atoms with Crippen LogP contribution in [0.3, 0.4) is 0 Å². The van der Waals surface area contributed by atoms with Crippen LogP contribution in [0.2, 0.25) is 0 Å². The summed E-state index contributed by atoms with van der Waals surface area (Å²) < 4.78 is 0. The molecule has 0 saturated carbocycles. The monoisotopic (exact) mass is 300 g/mol. The van der Waals surface area contributed by atoms with Crippen molar-refractivity contribution in [3.05, 3.63) is 28.8 Å². The van der Waals surface area contributed by atoms with Crippen molar-refractivity contribution < 1.29 is 25.5 Å². The molecule has 7 nitrogen and oxygen atoms in total. The van der Waals surface area contributed by atoms with E-state index in [9.17, 15) is 25.5 Å². The fourth-order valence-corrected chi connectivity index (χ4v) is 1.83. The lowest BCUT2D eigenvalue weighted by Gasteiger charge is -2.21. The molecule has 0 radical (unpaired) electrons. The van der Waals surface area contributed by atoms with Crippen LogP contribution in [0, 0.1) is 0 Å².